The maximum absolute atomic E-state index is 11.5. The zero-order valence-electron chi connectivity index (χ0n) is 10.0. The second-order valence-corrected chi connectivity index (χ2v) is 4.43. The number of nitrogens with one attached hydrogen (secondary N) is 1. The molecule has 2 rings (SSSR count). The Morgan fingerprint density at radius 3 is 2.94 bits per heavy atom. The van der Waals surface area contributed by atoms with Crippen LogP contribution in [0.2, 0.25) is 0 Å². The van der Waals surface area contributed by atoms with Crippen LogP contribution in [0.25, 0.3) is 0 Å². The van der Waals surface area contributed by atoms with Crippen molar-refractivity contribution >= 4 is 5.91 Å². The van der Waals surface area contributed by atoms with Crippen LogP contribution in [-0.4, -0.2) is 18.6 Å². The van der Waals surface area contributed by atoms with Gasteiger partial charge in [-0.1, -0.05) is 12.1 Å². The van der Waals surface area contributed by atoms with Crippen LogP contribution >= 0.6 is 0 Å². The third-order valence-electron chi connectivity index (χ3n) is 2.79. The molecule has 1 aromatic carbocycles. The van der Waals surface area contributed by atoms with Gasteiger partial charge in [-0.3, -0.25) is 4.79 Å². The SMILES string of the molecule is Cc1ccc(CN)cc1OCC(=O)NC1CC1. The molecule has 0 aromatic heterocycles. The minimum Gasteiger partial charge on any atom is -0.483 e. The summed E-state index contributed by atoms with van der Waals surface area (Å²) in [4.78, 5) is 11.5. The van der Waals surface area contributed by atoms with Crippen LogP contribution in [0.5, 0.6) is 5.75 Å². The number of benzene rings is 1. The van der Waals surface area contributed by atoms with Gasteiger partial charge in [0.25, 0.3) is 5.91 Å². The molecule has 0 unspecified atom stereocenters. The van der Waals surface area contributed by atoms with Crippen LogP contribution in [0.4, 0.5) is 0 Å². The van der Waals surface area contributed by atoms with E-state index in [4.69, 9.17) is 10.5 Å². The molecule has 92 valence electrons. The third-order valence-corrected chi connectivity index (χ3v) is 2.79. The van der Waals surface area contributed by atoms with Crippen LogP contribution in [0.1, 0.15) is 24.0 Å². The number of rotatable bonds is 5. The highest BCUT2D eigenvalue weighted by Gasteiger charge is 2.23. The van der Waals surface area contributed by atoms with Gasteiger partial charge in [0.1, 0.15) is 5.75 Å². The van der Waals surface area contributed by atoms with E-state index in [-0.39, 0.29) is 12.5 Å². The molecule has 1 amide bonds. The lowest BCUT2D eigenvalue weighted by Gasteiger charge is -2.10. The first-order chi connectivity index (χ1) is 8.19. The summed E-state index contributed by atoms with van der Waals surface area (Å²) in [6.45, 7) is 2.50. The van der Waals surface area contributed by atoms with E-state index >= 15 is 0 Å². The molecule has 0 saturated heterocycles. The zero-order chi connectivity index (χ0) is 12.3. The van der Waals surface area contributed by atoms with E-state index in [9.17, 15) is 4.79 Å². The molecule has 1 fully saturated rings. The highest BCUT2D eigenvalue weighted by molar-refractivity contribution is 5.78. The van der Waals surface area contributed by atoms with Gasteiger partial charge in [0.15, 0.2) is 6.61 Å². The molecular weight excluding hydrogens is 216 g/mol. The van der Waals surface area contributed by atoms with Crippen LogP contribution in [0, 0.1) is 6.92 Å². The molecule has 0 heterocycles. The molecule has 4 heteroatoms. The van der Waals surface area contributed by atoms with E-state index in [0.717, 1.165) is 29.7 Å². The zero-order valence-corrected chi connectivity index (χ0v) is 10.0. The predicted molar refractivity (Wildman–Crippen MR) is 65.7 cm³/mol. The van der Waals surface area contributed by atoms with E-state index in [1.165, 1.54) is 0 Å². The second-order valence-electron chi connectivity index (χ2n) is 4.43. The predicted octanol–water partition coefficient (Wildman–Crippen LogP) is 1.11. The van der Waals surface area contributed by atoms with Crippen molar-refractivity contribution in [2.75, 3.05) is 6.61 Å². The highest BCUT2D eigenvalue weighted by atomic mass is 16.5. The third kappa shape index (κ3) is 3.46. The van der Waals surface area contributed by atoms with Crippen molar-refractivity contribution in [3.05, 3.63) is 29.3 Å². The molecule has 4 nitrogen and oxygen atoms in total. The molecule has 1 aliphatic carbocycles. The van der Waals surface area contributed by atoms with Crippen molar-refractivity contribution in [1.82, 2.24) is 5.32 Å². The molecular formula is C13H18N2O2. The number of hydrogen-bond acceptors (Lipinski definition) is 3. The van der Waals surface area contributed by atoms with Gasteiger partial charge in [-0.05, 0) is 37.0 Å². The summed E-state index contributed by atoms with van der Waals surface area (Å²) in [5.41, 5.74) is 7.59. The monoisotopic (exact) mass is 234 g/mol. The Morgan fingerprint density at radius 1 is 1.53 bits per heavy atom. The molecule has 17 heavy (non-hydrogen) atoms. The van der Waals surface area contributed by atoms with Gasteiger partial charge in [0.05, 0.1) is 0 Å². The number of hydrogen-bond donors (Lipinski definition) is 2. The summed E-state index contributed by atoms with van der Waals surface area (Å²) in [5, 5.41) is 2.88. The fourth-order valence-corrected chi connectivity index (χ4v) is 1.57. The first-order valence-electron chi connectivity index (χ1n) is 5.91. The van der Waals surface area contributed by atoms with E-state index in [1.807, 2.05) is 25.1 Å². The van der Waals surface area contributed by atoms with Crippen molar-refractivity contribution in [3.63, 3.8) is 0 Å². The minimum absolute atomic E-state index is 0.0509. The van der Waals surface area contributed by atoms with Crippen molar-refractivity contribution in [2.45, 2.75) is 32.4 Å². The van der Waals surface area contributed by atoms with Crippen molar-refractivity contribution in [3.8, 4) is 5.75 Å². The van der Waals surface area contributed by atoms with Crippen LogP contribution in [0.3, 0.4) is 0 Å². The largest absolute Gasteiger partial charge is 0.483 e. The lowest BCUT2D eigenvalue weighted by molar-refractivity contribution is -0.123. The number of aryl methyl sites for hydroxylation is 1. The Labute approximate surface area is 101 Å². The van der Waals surface area contributed by atoms with Gasteiger partial charge in [0.2, 0.25) is 0 Å². The summed E-state index contributed by atoms with van der Waals surface area (Å²) in [7, 11) is 0. The molecule has 1 aliphatic rings. The normalized spacial score (nSPS) is 14.5. The van der Waals surface area contributed by atoms with Gasteiger partial charge in [-0.25, -0.2) is 0 Å². The number of carbonyl (C=O) groups is 1. The smallest absolute Gasteiger partial charge is 0.258 e. The number of carbonyl (C=O) groups excluding carboxylic acids is 1. The van der Waals surface area contributed by atoms with E-state index in [2.05, 4.69) is 5.32 Å². The van der Waals surface area contributed by atoms with E-state index in [1.54, 1.807) is 0 Å². The van der Waals surface area contributed by atoms with Crippen molar-refractivity contribution < 1.29 is 9.53 Å². The Kier molecular flexibility index (Phi) is 3.64. The summed E-state index contributed by atoms with van der Waals surface area (Å²) < 4.78 is 5.50. The summed E-state index contributed by atoms with van der Waals surface area (Å²) in [6, 6.07) is 6.19. The average molecular weight is 234 g/mol. The maximum atomic E-state index is 11.5. The minimum atomic E-state index is -0.0509. The lowest BCUT2D eigenvalue weighted by atomic mass is 10.1. The number of amides is 1. The Balaban J connectivity index is 1.90. The Hall–Kier alpha value is -1.55. The van der Waals surface area contributed by atoms with Gasteiger partial charge in [-0.15, -0.1) is 0 Å². The summed E-state index contributed by atoms with van der Waals surface area (Å²) in [5.74, 6) is 0.684. The van der Waals surface area contributed by atoms with Gasteiger partial charge < -0.3 is 15.8 Å². The maximum Gasteiger partial charge on any atom is 0.258 e. The second kappa shape index (κ2) is 5.19. The standard InChI is InChI=1S/C13H18N2O2/c1-9-2-3-10(7-14)6-12(9)17-8-13(16)15-11-4-5-11/h2-3,6,11H,4-5,7-8,14H2,1H3,(H,15,16). The summed E-state index contributed by atoms with van der Waals surface area (Å²) in [6.07, 6.45) is 2.18. The topological polar surface area (TPSA) is 64.3 Å². The van der Waals surface area contributed by atoms with E-state index in [0.29, 0.717) is 12.6 Å². The number of ether oxygens (including phenoxy) is 1. The molecule has 0 spiro atoms. The number of nitrogens with two attached hydrogens (primary N) is 1. The van der Waals surface area contributed by atoms with Crippen LogP contribution in [-0.2, 0) is 11.3 Å². The van der Waals surface area contributed by atoms with Gasteiger partial charge in [-0.2, -0.15) is 0 Å². The highest BCUT2D eigenvalue weighted by Crippen LogP contribution is 2.20. The molecule has 0 bridgehead atoms. The molecule has 1 saturated carbocycles. The molecule has 1 aromatic rings. The van der Waals surface area contributed by atoms with Crippen LogP contribution in [0.15, 0.2) is 18.2 Å². The quantitative estimate of drug-likeness (QED) is 0.802. The first-order valence-corrected chi connectivity index (χ1v) is 5.91. The van der Waals surface area contributed by atoms with Crippen LogP contribution < -0.4 is 15.8 Å². The van der Waals surface area contributed by atoms with Gasteiger partial charge >= 0.3 is 0 Å². The lowest BCUT2D eigenvalue weighted by Crippen LogP contribution is -2.30. The molecule has 0 aliphatic heterocycles. The Morgan fingerprint density at radius 2 is 2.29 bits per heavy atom. The molecule has 0 atom stereocenters. The van der Waals surface area contributed by atoms with E-state index < -0.39 is 0 Å². The average Bonchev–Trinajstić information content (AvgIpc) is 3.12. The molecule has 0 radical (unpaired) electrons. The fourth-order valence-electron chi connectivity index (χ4n) is 1.57. The molecule has 3 N–H and O–H groups in total. The Bertz CT molecular complexity index is 414. The first kappa shape index (κ1) is 11.9. The fraction of sp³-hybridized carbons (Fsp3) is 0.462. The van der Waals surface area contributed by atoms with Crippen molar-refractivity contribution in [1.29, 1.82) is 0 Å². The summed E-state index contributed by atoms with van der Waals surface area (Å²) >= 11 is 0. The van der Waals surface area contributed by atoms with Crippen molar-refractivity contribution in [2.24, 2.45) is 5.73 Å². The van der Waals surface area contributed by atoms with Gasteiger partial charge in [0, 0.05) is 12.6 Å².